The van der Waals surface area contributed by atoms with Crippen LogP contribution in [-0.2, 0) is 16.1 Å². The zero-order chi connectivity index (χ0) is 18.3. The van der Waals surface area contributed by atoms with Gasteiger partial charge >= 0.3 is 0 Å². The van der Waals surface area contributed by atoms with Gasteiger partial charge in [0.1, 0.15) is 23.5 Å². The Bertz CT molecular complexity index is 925. The fourth-order valence-corrected chi connectivity index (χ4v) is 3.21. The third-order valence-corrected chi connectivity index (χ3v) is 4.54. The Hall–Kier alpha value is -3.35. The molecule has 2 aromatic rings. The summed E-state index contributed by atoms with van der Waals surface area (Å²) in [6.45, 7) is 0.144. The molecule has 0 aromatic heterocycles. The Morgan fingerprint density at radius 2 is 1.73 bits per heavy atom. The number of hydrogen-bond donors (Lipinski definition) is 1. The van der Waals surface area contributed by atoms with Crippen LogP contribution in [0.3, 0.4) is 0 Å². The van der Waals surface area contributed by atoms with Gasteiger partial charge in [0.15, 0.2) is 0 Å². The number of benzene rings is 2. The number of rotatable bonds is 4. The average molecular weight is 351 g/mol. The van der Waals surface area contributed by atoms with E-state index in [1.165, 1.54) is 12.1 Å². The number of carbonyl (C=O) groups is 3. The van der Waals surface area contributed by atoms with Crippen molar-refractivity contribution in [1.29, 1.82) is 0 Å². The average Bonchev–Trinajstić information content (AvgIpc) is 3.19. The van der Waals surface area contributed by atoms with E-state index in [-0.39, 0.29) is 17.8 Å². The molecule has 2 amide bonds. The van der Waals surface area contributed by atoms with E-state index in [2.05, 4.69) is 10.5 Å². The molecule has 26 heavy (non-hydrogen) atoms. The molecule has 1 saturated heterocycles. The minimum atomic E-state index is -0.955. The lowest BCUT2D eigenvalue weighted by molar-refractivity contribution is -0.140. The van der Waals surface area contributed by atoms with Gasteiger partial charge in [-0.3, -0.25) is 24.7 Å². The van der Waals surface area contributed by atoms with Crippen LogP contribution in [0.2, 0.25) is 0 Å². The summed E-state index contributed by atoms with van der Waals surface area (Å²) in [5.74, 6) is -2.78. The Kier molecular flexibility index (Phi) is 3.84. The van der Waals surface area contributed by atoms with Crippen LogP contribution in [-0.4, -0.2) is 34.3 Å². The smallest absolute Gasteiger partial charge is 0.254 e. The van der Waals surface area contributed by atoms with Crippen LogP contribution in [0.4, 0.5) is 4.39 Å². The molecule has 2 heterocycles. The Balaban J connectivity index is 1.58. The van der Waals surface area contributed by atoms with Crippen molar-refractivity contribution < 1.29 is 18.8 Å². The zero-order valence-corrected chi connectivity index (χ0v) is 13.6. The van der Waals surface area contributed by atoms with Crippen molar-refractivity contribution in [2.45, 2.75) is 12.6 Å². The maximum absolute atomic E-state index is 13.1. The predicted octanol–water partition coefficient (Wildman–Crippen LogP) is 1.52. The number of nitrogens with zero attached hydrogens (tertiary/aromatic N) is 2. The number of nitrogens with one attached hydrogen (secondary N) is 1. The molecule has 6 nitrogen and oxygen atoms in total. The molecule has 0 unspecified atom stereocenters. The van der Waals surface area contributed by atoms with E-state index in [0.717, 1.165) is 22.6 Å². The Labute approximate surface area is 148 Å². The maximum Gasteiger partial charge on any atom is 0.254 e. The van der Waals surface area contributed by atoms with Crippen molar-refractivity contribution in [3.8, 4) is 0 Å². The lowest BCUT2D eigenvalue weighted by Gasteiger charge is -2.15. The third kappa shape index (κ3) is 2.57. The van der Waals surface area contributed by atoms with E-state index in [4.69, 9.17) is 0 Å². The number of hydrogen-bond acceptors (Lipinski definition) is 5. The number of carbonyl (C=O) groups excluding carboxylic acids is 3. The lowest BCUT2D eigenvalue weighted by Crippen LogP contribution is -2.35. The number of amides is 2. The molecule has 4 rings (SSSR count). The molecular formula is C19H14FN3O3. The number of likely N-dealkylation sites (tertiary alicyclic amines) is 1. The fraction of sp³-hybridized carbons (Fsp3) is 0.158. The molecule has 0 bridgehead atoms. The highest BCUT2D eigenvalue weighted by Crippen LogP contribution is 2.28. The summed E-state index contributed by atoms with van der Waals surface area (Å²) in [5, 5.41) is 3.92. The molecular weight excluding hydrogens is 337 g/mol. The molecule has 1 fully saturated rings. The molecule has 0 aliphatic carbocycles. The van der Waals surface area contributed by atoms with Gasteiger partial charge in [-0.2, -0.15) is 5.10 Å². The SMILES string of the molecule is O=C(C1=NN[C@H]2C(=O)N(Cc3ccccc3)C(=O)[C@@H]12)c1ccc(F)cc1. The van der Waals surface area contributed by atoms with Gasteiger partial charge in [-0.05, 0) is 29.8 Å². The second-order valence-corrected chi connectivity index (χ2v) is 6.17. The molecule has 0 radical (unpaired) electrons. The highest BCUT2D eigenvalue weighted by atomic mass is 19.1. The Morgan fingerprint density at radius 3 is 2.42 bits per heavy atom. The molecule has 0 spiro atoms. The predicted molar refractivity (Wildman–Crippen MR) is 90.6 cm³/mol. The van der Waals surface area contributed by atoms with Gasteiger partial charge in [-0.25, -0.2) is 4.39 Å². The molecule has 2 aliphatic heterocycles. The van der Waals surface area contributed by atoms with Crippen molar-refractivity contribution in [2.24, 2.45) is 11.0 Å². The summed E-state index contributed by atoms with van der Waals surface area (Å²) in [4.78, 5) is 39.1. The van der Waals surface area contributed by atoms with Gasteiger partial charge in [0.2, 0.25) is 11.7 Å². The summed E-state index contributed by atoms with van der Waals surface area (Å²) >= 11 is 0. The summed E-state index contributed by atoms with van der Waals surface area (Å²) in [7, 11) is 0. The van der Waals surface area contributed by atoms with Crippen LogP contribution in [0, 0.1) is 11.7 Å². The van der Waals surface area contributed by atoms with Crippen LogP contribution in [0.5, 0.6) is 0 Å². The number of fused-ring (bicyclic) bond motifs is 1. The molecule has 130 valence electrons. The number of imide groups is 1. The van der Waals surface area contributed by atoms with Crippen molar-refractivity contribution in [2.75, 3.05) is 0 Å². The molecule has 2 aromatic carbocycles. The standard InChI is InChI=1S/C19H14FN3O3/c20-13-8-6-12(7-9-13)17(24)15-14-16(22-21-15)19(26)23(18(14)25)10-11-4-2-1-3-5-11/h1-9,14,16,22H,10H2/t14-,16+/m0/s1. The van der Waals surface area contributed by atoms with E-state index in [0.29, 0.717) is 0 Å². The van der Waals surface area contributed by atoms with E-state index in [1.807, 2.05) is 30.3 Å². The summed E-state index contributed by atoms with van der Waals surface area (Å²) in [5.41, 5.74) is 3.62. The number of ketones is 1. The van der Waals surface area contributed by atoms with Crippen molar-refractivity contribution >= 4 is 23.3 Å². The van der Waals surface area contributed by atoms with Crippen LogP contribution in [0.25, 0.3) is 0 Å². The quantitative estimate of drug-likeness (QED) is 0.669. The molecule has 7 heteroatoms. The van der Waals surface area contributed by atoms with Crippen LogP contribution in [0.1, 0.15) is 15.9 Å². The van der Waals surface area contributed by atoms with Crippen LogP contribution < -0.4 is 5.43 Å². The third-order valence-electron chi connectivity index (χ3n) is 4.54. The fourth-order valence-electron chi connectivity index (χ4n) is 3.21. The first-order valence-corrected chi connectivity index (χ1v) is 8.09. The topological polar surface area (TPSA) is 78.8 Å². The van der Waals surface area contributed by atoms with Gasteiger partial charge in [0.25, 0.3) is 5.91 Å². The van der Waals surface area contributed by atoms with Gasteiger partial charge in [0, 0.05) is 5.56 Å². The van der Waals surface area contributed by atoms with Crippen molar-refractivity contribution in [3.63, 3.8) is 0 Å². The minimum Gasteiger partial charge on any atom is -0.296 e. The van der Waals surface area contributed by atoms with Gasteiger partial charge in [0.05, 0.1) is 6.54 Å². The zero-order valence-electron chi connectivity index (χ0n) is 13.6. The van der Waals surface area contributed by atoms with Crippen LogP contribution in [0.15, 0.2) is 59.7 Å². The molecule has 1 N–H and O–H groups in total. The first-order chi connectivity index (χ1) is 12.6. The summed E-state index contributed by atoms with van der Waals surface area (Å²) in [6.07, 6.45) is 0. The number of halogens is 1. The van der Waals surface area contributed by atoms with E-state index in [1.54, 1.807) is 0 Å². The van der Waals surface area contributed by atoms with Gasteiger partial charge < -0.3 is 0 Å². The van der Waals surface area contributed by atoms with E-state index in [9.17, 15) is 18.8 Å². The first kappa shape index (κ1) is 16.1. The van der Waals surface area contributed by atoms with E-state index < -0.39 is 35.4 Å². The second kappa shape index (κ2) is 6.18. The van der Waals surface area contributed by atoms with E-state index >= 15 is 0 Å². The molecule has 0 saturated carbocycles. The maximum atomic E-state index is 13.1. The monoisotopic (exact) mass is 351 g/mol. The molecule has 2 atom stereocenters. The van der Waals surface area contributed by atoms with Crippen molar-refractivity contribution in [3.05, 3.63) is 71.5 Å². The lowest BCUT2D eigenvalue weighted by atomic mass is 9.93. The van der Waals surface area contributed by atoms with Gasteiger partial charge in [-0.15, -0.1) is 0 Å². The largest absolute Gasteiger partial charge is 0.296 e. The van der Waals surface area contributed by atoms with Gasteiger partial charge in [-0.1, -0.05) is 30.3 Å². The number of hydrazone groups is 1. The minimum absolute atomic E-state index is 0.0180. The summed E-state index contributed by atoms with van der Waals surface area (Å²) in [6, 6.07) is 13.3. The van der Waals surface area contributed by atoms with Crippen molar-refractivity contribution in [1.82, 2.24) is 10.3 Å². The normalized spacial score (nSPS) is 21.4. The van der Waals surface area contributed by atoms with Crippen LogP contribution >= 0.6 is 0 Å². The number of Topliss-reactive ketones (excluding diaryl/α,β-unsaturated/α-hetero) is 1. The highest BCUT2D eigenvalue weighted by Gasteiger charge is 2.54. The Morgan fingerprint density at radius 1 is 1.04 bits per heavy atom. The summed E-state index contributed by atoms with van der Waals surface area (Å²) < 4.78 is 13.1. The first-order valence-electron chi connectivity index (χ1n) is 8.09. The highest BCUT2D eigenvalue weighted by molar-refractivity contribution is 6.51. The molecule has 2 aliphatic rings. The second-order valence-electron chi connectivity index (χ2n) is 6.17.